The van der Waals surface area contributed by atoms with Gasteiger partial charge in [0.1, 0.15) is 5.82 Å². The third-order valence-electron chi connectivity index (χ3n) is 4.75. The summed E-state index contributed by atoms with van der Waals surface area (Å²) >= 11 is 0. The molecule has 5 nitrogen and oxygen atoms in total. The summed E-state index contributed by atoms with van der Waals surface area (Å²) in [5, 5.41) is 2.79. The van der Waals surface area contributed by atoms with E-state index in [1.54, 1.807) is 42.5 Å². The molecule has 1 aliphatic rings. The van der Waals surface area contributed by atoms with Crippen molar-refractivity contribution in [2.24, 2.45) is 0 Å². The van der Waals surface area contributed by atoms with Crippen molar-refractivity contribution in [2.45, 2.75) is 43.2 Å². The summed E-state index contributed by atoms with van der Waals surface area (Å²) in [6.07, 6.45) is 2.47. The summed E-state index contributed by atoms with van der Waals surface area (Å²) in [4.78, 5) is 12.6. The molecule has 1 aliphatic heterocycles. The molecule has 0 bridgehead atoms. The van der Waals surface area contributed by atoms with E-state index in [2.05, 4.69) is 5.32 Å². The van der Waals surface area contributed by atoms with Crippen molar-refractivity contribution in [2.75, 3.05) is 6.54 Å². The molecule has 1 fully saturated rings. The molecule has 2 aromatic rings. The van der Waals surface area contributed by atoms with Crippen LogP contribution in [0.2, 0.25) is 0 Å². The molecular formula is C20H23FN2O3S. The van der Waals surface area contributed by atoms with Crippen molar-refractivity contribution in [1.29, 1.82) is 0 Å². The Morgan fingerprint density at radius 3 is 2.48 bits per heavy atom. The maximum Gasteiger partial charge on any atom is 0.243 e. The van der Waals surface area contributed by atoms with Gasteiger partial charge in [0.05, 0.1) is 4.90 Å². The Kier molecular flexibility index (Phi) is 6.23. The average molecular weight is 390 g/mol. The molecule has 27 heavy (non-hydrogen) atoms. The highest BCUT2D eigenvalue weighted by Gasteiger charge is 2.34. The van der Waals surface area contributed by atoms with Crippen LogP contribution in [0.5, 0.6) is 0 Å². The fourth-order valence-electron chi connectivity index (χ4n) is 3.31. The molecule has 0 aromatic heterocycles. The number of halogens is 1. The maximum absolute atomic E-state index is 12.9. The van der Waals surface area contributed by atoms with E-state index in [1.165, 1.54) is 16.4 Å². The number of nitrogens with one attached hydrogen (secondary N) is 1. The van der Waals surface area contributed by atoms with Gasteiger partial charge in [0.2, 0.25) is 15.9 Å². The molecule has 2 aromatic carbocycles. The van der Waals surface area contributed by atoms with Crippen molar-refractivity contribution in [3.63, 3.8) is 0 Å². The number of carbonyl (C=O) groups is 1. The van der Waals surface area contributed by atoms with Crippen LogP contribution in [-0.2, 0) is 21.4 Å². The number of hydrogen-bond donors (Lipinski definition) is 1. The first-order valence-electron chi connectivity index (χ1n) is 9.05. The van der Waals surface area contributed by atoms with Gasteiger partial charge in [0, 0.05) is 25.6 Å². The molecule has 144 valence electrons. The first-order chi connectivity index (χ1) is 13.0. The molecule has 1 saturated heterocycles. The van der Waals surface area contributed by atoms with Crippen LogP contribution in [-0.4, -0.2) is 31.2 Å². The minimum Gasteiger partial charge on any atom is -0.352 e. The lowest BCUT2D eigenvalue weighted by Gasteiger charge is -2.34. The highest BCUT2D eigenvalue weighted by Crippen LogP contribution is 2.27. The Morgan fingerprint density at radius 2 is 1.78 bits per heavy atom. The monoisotopic (exact) mass is 390 g/mol. The van der Waals surface area contributed by atoms with Gasteiger partial charge in [-0.2, -0.15) is 4.31 Å². The van der Waals surface area contributed by atoms with E-state index in [9.17, 15) is 17.6 Å². The Morgan fingerprint density at radius 1 is 1.07 bits per heavy atom. The Hall–Kier alpha value is -2.25. The molecular weight excluding hydrogens is 367 g/mol. The number of piperidine rings is 1. The number of rotatable bonds is 6. The van der Waals surface area contributed by atoms with Crippen LogP contribution in [0, 0.1) is 5.82 Å². The van der Waals surface area contributed by atoms with Gasteiger partial charge in [-0.1, -0.05) is 36.8 Å². The SMILES string of the molecule is O=C(C[C@H]1CCCCN1S(=O)(=O)c1ccccc1)NCc1ccc(F)cc1. The summed E-state index contributed by atoms with van der Waals surface area (Å²) in [6, 6.07) is 13.9. The molecule has 1 atom stereocenters. The van der Waals surface area contributed by atoms with Gasteiger partial charge in [-0.15, -0.1) is 0 Å². The van der Waals surface area contributed by atoms with Crippen LogP contribution in [0.3, 0.4) is 0 Å². The van der Waals surface area contributed by atoms with Crippen molar-refractivity contribution < 1.29 is 17.6 Å². The van der Waals surface area contributed by atoms with Crippen LogP contribution in [0.4, 0.5) is 4.39 Å². The lowest BCUT2D eigenvalue weighted by Crippen LogP contribution is -2.45. The highest BCUT2D eigenvalue weighted by molar-refractivity contribution is 7.89. The fraction of sp³-hybridized carbons (Fsp3) is 0.350. The van der Waals surface area contributed by atoms with Crippen LogP contribution in [0.15, 0.2) is 59.5 Å². The number of sulfonamides is 1. The van der Waals surface area contributed by atoms with Gasteiger partial charge in [0.25, 0.3) is 0 Å². The van der Waals surface area contributed by atoms with Crippen molar-refractivity contribution in [1.82, 2.24) is 9.62 Å². The average Bonchev–Trinajstić information content (AvgIpc) is 2.68. The van der Waals surface area contributed by atoms with E-state index in [1.807, 2.05) is 0 Å². The number of hydrogen-bond acceptors (Lipinski definition) is 3. The van der Waals surface area contributed by atoms with Crippen molar-refractivity contribution >= 4 is 15.9 Å². The zero-order valence-corrected chi connectivity index (χ0v) is 15.8. The molecule has 0 radical (unpaired) electrons. The van der Waals surface area contributed by atoms with Crippen LogP contribution in [0.25, 0.3) is 0 Å². The highest BCUT2D eigenvalue weighted by atomic mass is 32.2. The summed E-state index contributed by atoms with van der Waals surface area (Å²) in [6.45, 7) is 0.713. The number of amides is 1. The Bertz CT molecular complexity index is 870. The zero-order chi connectivity index (χ0) is 19.3. The third-order valence-corrected chi connectivity index (χ3v) is 6.71. The van der Waals surface area contributed by atoms with Crippen molar-refractivity contribution in [3.05, 3.63) is 66.0 Å². The third kappa shape index (κ3) is 4.93. The summed E-state index contributed by atoms with van der Waals surface area (Å²) in [5.41, 5.74) is 0.794. The predicted octanol–water partition coefficient (Wildman–Crippen LogP) is 3.08. The first-order valence-corrected chi connectivity index (χ1v) is 10.5. The lowest BCUT2D eigenvalue weighted by atomic mass is 10.0. The molecule has 0 saturated carbocycles. The second-order valence-corrected chi connectivity index (χ2v) is 8.58. The molecule has 7 heteroatoms. The van der Waals surface area contributed by atoms with Gasteiger partial charge in [0.15, 0.2) is 0 Å². The van der Waals surface area contributed by atoms with E-state index in [0.717, 1.165) is 18.4 Å². The largest absolute Gasteiger partial charge is 0.352 e. The Labute approximate surface area is 159 Å². The number of benzene rings is 2. The minimum atomic E-state index is -3.62. The molecule has 1 N–H and O–H groups in total. The molecule has 3 rings (SSSR count). The molecule has 1 amide bonds. The zero-order valence-electron chi connectivity index (χ0n) is 15.0. The second kappa shape index (κ2) is 8.63. The van der Waals surface area contributed by atoms with E-state index < -0.39 is 10.0 Å². The topological polar surface area (TPSA) is 66.5 Å². The molecule has 1 heterocycles. The van der Waals surface area contributed by atoms with Gasteiger partial charge < -0.3 is 5.32 Å². The Balaban J connectivity index is 1.65. The first kappa shape index (κ1) is 19.5. The van der Waals surface area contributed by atoms with E-state index in [4.69, 9.17) is 0 Å². The van der Waals surface area contributed by atoms with Crippen LogP contribution in [0.1, 0.15) is 31.2 Å². The van der Waals surface area contributed by atoms with Gasteiger partial charge in [-0.3, -0.25) is 4.79 Å². The van der Waals surface area contributed by atoms with Gasteiger partial charge >= 0.3 is 0 Å². The number of carbonyl (C=O) groups excluding carboxylic acids is 1. The second-order valence-electron chi connectivity index (χ2n) is 6.69. The standard InChI is InChI=1S/C20H23FN2O3S/c21-17-11-9-16(10-12-17)15-22-20(24)14-18-6-4-5-13-23(18)27(25,26)19-7-2-1-3-8-19/h1-3,7-12,18H,4-6,13-15H2,(H,22,24)/t18-/m1/s1. The lowest BCUT2D eigenvalue weighted by molar-refractivity contribution is -0.122. The summed E-state index contributed by atoms with van der Waals surface area (Å²) in [7, 11) is -3.62. The van der Waals surface area contributed by atoms with Crippen LogP contribution >= 0.6 is 0 Å². The minimum absolute atomic E-state index is 0.118. The number of nitrogens with zero attached hydrogens (tertiary/aromatic N) is 1. The quantitative estimate of drug-likeness (QED) is 0.824. The van der Waals surface area contributed by atoms with E-state index >= 15 is 0 Å². The van der Waals surface area contributed by atoms with Crippen LogP contribution < -0.4 is 5.32 Å². The normalized spacial score (nSPS) is 18.2. The van der Waals surface area contributed by atoms with Crippen molar-refractivity contribution in [3.8, 4) is 0 Å². The maximum atomic E-state index is 12.9. The van der Waals surface area contributed by atoms with Gasteiger partial charge in [-0.05, 0) is 42.7 Å². The molecule has 0 spiro atoms. The van der Waals surface area contributed by atoms with Gasteiger partial charge in [-0.25, -0.2) is 12.8 Å². The molecule has 0 aliphatic carbocycles. The summed E-state index contributed by atoms with van der Waals surface area (Å²) in [5.74, 6) is -0.534. The smallest absolute Gasteiger partial charge is 0.243 e. The predicted molar refractivity (Wildman–Crippen MR) is 101 cm³/mol. The van der Waals surface area contributed by atoms with E-state index in [0.29, 0.717) is 13.0 Å². The molecule has 0 unspecified atom stereocenters. The summed E-state index contributed by atoms with van der Waals surface area (Å²) < 4.78 is 40.3. The fourth-order valence-corrected chi connectivity index (χ4v) is 5.03. The van der Waals surface area contributed by atoms with E-state index in [-0.39, 0.29) is 35.6 Å².